The molecule has 0 aliphatic heterocycles. The van der Waals surface area contributed by atoms with E-state index in [2.05, 4.69) is 0 Å². The third kappa shape index (κ3) is 2.81. The first-order chi connectivity index (χ1) is 8.12. The lowest BCUT2D eigenvalue weighted by atomic mass is 10.2. The molecule has 0 radical (unpaired) electrons. The van der Waals surface area contributed by atoms with E-state index < -0.39 is 9.84 Å². The van der Waals surface area contributed by atoms with Crippen molar-refractivity contribution in [1.29, 1.82) is 0 Å². The molecule has 0 N–H and O–H groups in total. The third-order valence-corrected chi connectivity index (χ3v) is 5.03. The van der Waals surface area contributed by atoms with E-state index in [0.717, 1.165) is 4.88 Å². The normalized spacial score (nSPS) is 11.3. The van der Waals surface area contributed by atoms with E-state index in [9.17, 15) is 13.2 Å². The second-order valence-corrected chi connectivity index (χ2v) is 6.55. The Hall–Kier alpha value is -1.46. The predicted molar refractivity (Wildman–Crippen MR) is 67.0 cm³/mol. The van der Waals surface area contributed by atoms with Gasteiger partial charge in [-0.15, -0.1) is 11.3 Å². The lowest BCUT2D eigenvalue weighted by Gasteiger charge is -2.02. The summed E-state index contributed by atoms with van der Waals surface area (Å²) in [7, 11) is -3.31. The van der Waals surface area contributed by atoms with Crippen molar-refractivity contribution in [2.75, 3.05) is 0 Å². The van der Waals surface area contributed by atoms with Crippen molar-refractivity contribution in [3.63, 3.8) is 0 Å². The molecule has 1 aromatic heterocycles. The van der Waals surface area contributed by atoms with E-state index >= 15 is 0 Å². The van der Waals surface area contributed by atoms with Crippen molar-refractivity contribution in [3.05, 3.63) is 52.2 Å². The zero-order chi connectivity index (χ0) is 12.3. The summed E-state index contributed by atoms with van der Waals surface area (Å²) in [6, 6.07) is 9.56. The van der Waals surface area contributed by atoms with Gasteiger partial charge >= 0.3 is 0 Å². The third-order valence-electron chi connectivity index (χ3n) is 2.29. The van der Waals surface area contributed by atoms with Crippen molar-refractivity contribution in [2.24, 2.45) is 0 Å². The molecule has 0 aliphatic carbocycles. The van der Waals surface area contributed by atoms with Crippen LogP contribution in [-0.2, 0) is 15.6 Å². The smallest absolute Gasteiger partial charge is 0.183 e. The Kier molecular flexibility index (Phi) is 3.40. The fourth-order valence-corrected chi connectivity index (χ4v) is 3.83. The summed E-state index contributed by atoms with van der Waals surface area (Å²) in [6.45, 7) is 0. The molecule has 0 atom stereocenters. The van der Waals surface area contributed by atoms with Gasteiger partial charge in [0.2, 0.25) is 0 Å². The van der Waals surface area contributed by atoms with Crippen LogP contribution in [0.1, 0.15) is 15.2 Å². The molecule has 2 rings (SSSR count). The SMILES string of the molecule is O=Cc1ccc(S(=O)(=O)Cc2cccs2)cc1. The molecule has 17 heavy (non-hydrogen) atoms. The lowest BCUT2D eigenvalue weighted by molar-refractivity contribution is 0.112. The van der Waals surface area contributed by atoms with Crippen LogP contribution in [0, 0.1) is 0 Å². The van der Waals surface area contributed by atoms with Crippen LogP contribution in [0.2, 0.25) is 0 Å². The Morgan fingerprint density at radius 1 is 1.12 bits per heavy atom. The van der Waals surface area contributed by atoms with E-state index in [1.54, 1.807) is 6.07 Å². The first-order valence-corrected chi connectivity index (χ1v) is 7.45. The minimum Gasteiger partial charge on any atom is -0.298 e. The van der Waals surface area contributed by atoms with Crippen molar-refractivity contribution in [3.8, 4) is 0 Å². The van der Waals surface area contributed by atoms with Crippen LogP contribution in [0.3, 0.4) is 0 Å². The molecule has 2 aromatic rings. The number of aldehydes is 1. The van der Waals surface area contributed by atoms with Crippen LogP contribution >= 0.6 is 11.3 Å². The first-order valence-electron chi connectivity index (χ1n) is 4.92. The Labute approximate surface area is 104 Å². The number of thiophene rings is 1. The number of sulfone groups is 1. The summed E-state index contributed by atoms with van der Waals surface area (Å²) < 4.78 is 24.0. The first kappa shape index (κ1) is 12.0. The fraction of sp³-hybridized carbons (Fsp3) is 0.0833. The van der Waals surface area contributed by atoms with Crippen molar-refractivity contribution in [2.45, 2.75) is 10.6 Å². The number of carbonyl (C=O) groups excluding carboxylic acids is 1. The minimum absolute atomic E-state index is 0.00506. The second kappa shape index (κ2) is 4.81. The van der Waals surface area contributed by atoms with E-state index in [1.807, 2.05) is 11.4 Å². The second-order valence-electron chi connectivity index (χ2n) is 3.53. The zero-order valence-corrected chi connectivity index (χ0v) is 10.5. The molecule has 1 aromatic carbocycles. The largest absolute Gasteiger partial charge is 0.298 e. The van der Waals surface area contributed by atoms with Gasteiger partial charge in [0.15, 0.2) is 9.84 Å². The average molecular weight is 266 g/mol. The molecule has 0 fully saturated rings. The van der Waals surface area contributed by atoms with Gasteiger partial charge in [0, 0.05) is 10.4 Å². The molecule has 5 heteroatoms. The standard InChI is InChI=1S/C12H10O3S2/c13-8-10-3-5-12(6-4-10)17(14,15)9-11-2-1-7-16-11/h1-8H,9H2. The number of hydrogen-bond acceptors (Lipinski definition) is 4. The van der Waals surface area contributed by atoms with E-state index in [4.69, 9.17) is 0 Å². The Morgan fingerprint density at radius 3 is 2.35 bits per heavy atom. The predicted octanol–water partition coefficient (Wildman–Crippen LogP) is 2.53. The van der Waals surface area contributed by atoms with Crippen LogP contribution in [-0.4, -0.2) is 14.7 Å². The maximum atomic E-state index is 12.0. The van der Waals surface area contributed by atoms with Gasteiger partial charge in [-0.05, 0) is 23.6 Å². The van der Waals surface area contributed by atoms with Crippen LogP contribution in [0.15, 0.2) is 46.7 Å². The Morgan fingerprint density at radius 2 is 1.82 bits per heavy atom. The van der Waals surface area contributed by atoms with Crippen molar-refractivity contribution < 1.29 is 13.2 Å². The molecule has 0 aliphatic rings. The summed E-state index contributed by atoms with van der Waals surface area (Å²) in [6.07, 6.45) is 0.690. The van der Waals surface area contributed by atoms with Gasteiger partial charge < -0.3 is 0 Å². The molecule has 0 bridgehead atoms. The topological polar surface area (TPSA) is 51.2 Å². The van der Waals surface area contributed by atoms with Gasteiger partial charge in [-0.2, -0.15) is 0 Å². The highest BCUT2D eigenvalue weighted by atomic mass is 32.2. The summed E-state index contributed by atoms with van der Waals surface area (Å²) in [4.78, 5) is 11.5. The molecule has 1 heterocycles. The summed E-state index contributed by atoms with van der Waals surface area (Å²) in [5.41, 5.74) is 0.472. The molecule has 3 nitrogen and oxygen atoms in total. The summed E-state index contributed by atoms with van der Waals surface area (Å²) in [5.74, 6) is 0.00506. The highest BCUT2D eigenvalue weighted by Crippen LogP contribution is 2.19. The molecule has 0 amide bonds. The van der Waals surface area contributed by atoms with E-state index in [0.29, 0.717) is 11.8 Å². The van der Waals surface area contributed by atoms with E-state index in [-0.39, 0.29) is 10.6 Å². The van der Waals surface area contributed by atoms with Gasteiger partial charge in [-0.3, -0.25) is 4.79 Å². The molecule has 0 saturated heterocycles. The maximum absolute atomic E-state index is 12.0. The molecular formula is C12H10O3S2. The number of benzene rings is 1. The monoisotopic (exact) mass is 266 g/mol. The van der Waals surface area contributed by atoms with Gasteiger partial charge in [-0.25, -0.2) is 8.42 Å². The molecule has 0 saturated carbocycles. The van der Waals surface area contributed by atoms with Gasteiger partial charge in [0.25, 0.3) is 0 Å². The molecule has 0 spiro atoms. The molecular weight excluding hydrogens is 256 g/mol. The number of hydrogen-bond donors (Lipinski definition) is 0. The number of rotatable bonds is 4. The summed E-state index contributed by atoms with van der Waals surface area (Å²) in [5, 5.41) is 1.85. The Balaban J connectivity index is 2.28. The average Bonchev–Trinajstić information content (AvgIpc) is 2.81. The van der Waals surface area contributed by atoms with E-state index in [1.165, 1.54) is 35.6 Å². The molecule has 88 valence electrons. The Bertz CT molecular complexity index is 596. The summed E-state index contributed by atoms with van der Waals surface area (Å²) >= 11 is 1.42. The quantitative estimate of drug-likeness (QED) is 0.799. The van der Waals surface area contributed by atoms with Crippen molar-refractivity contribution >= 4 is 27.5 Å². The zero-order valence-electron chi connectivity index (χ0n) is 8.87. The number of carbonyl (C=O) groups is 1. The maximum Gasteiger partial charge on any atom is 0.183 e. The van der Waals surface area contributed by atoms with Gasteiger partial charge in [0.1, 0.15) is 6.29 Å². The van der Waals surface area contributed by atoms with Crippen LogP contribution in [0.5, 0.6) is 0 Å². The van der Waals surface area contributed by atoms with Gasteiger partial charge in [-0.1, -0.05) is 18.2 Å². The fourth-order valence-electron chi connectivity index (χ4n) is 1.42. The van der Waals surface area contributed by atoms with Crippen LogP contribution < -0.4 is 0 Å². The van der Waals surface area contributed by atoms with Crippen LogP contribution in [0.25, 0.3) is 0 Å². The van der Waals surface area contributed by atoms with Crippen molar-refractivity contribution in [1.82, 2.24) is 0 Å². The highest BCUT2D eigenvalue weighted by molar-refractivity contribution is 7.90. The highest BCUT2D eigenvalue weighted by Gasteiger charge is 2.15. The van der Waals surface area contributed by atoms with Gasteiger partial charge in [0.05, 0.1) is 10.6 Å². The van der Waals surface area contributed by atoms with Crippen LogP contribution in [0.4, 0.5) is 0 Å². The lowest BCUT2D eigenvalue weighted by Crippen LogP contribution is -2.03. The molecule has 0 unspecified atom stereocenters. The minimum atomic E-state index is -3.31.